The molecular formula is C18H14ClN3O4S. The number of carbonyl (C=O) groups is 1. The predicted octanol–water partition coefficient (Wildman–Crippen LogP) is 4.94. The maximum atomic E-state index is 12.5. The second kappa shape index (κ2) is 7.73. The van der Waals surface area contributed by atoms with Gasteiger partial charge in [0, 0.05) is 21.5 Å². The van der Waals surface area contributed by atoms with Crippen molar-refractivity contribution < 1.29 is 14.5 Å². The summed E-state index contributed by atoms with van der Waals surface area (Å²) in [6.45, 7) is 1.89. The number of thiazole rings is 1. The van der Waals surface area contributed by atoms with Crippen LogP contribution in [0.2, 0.25) is 5.02 Å². The first-order chi connectivity index (χ1) is 12.9. The van der Waals surface area contributed by atoms with E-state index < -0.39 is 10.8 Å². The van der Waals surface area contributed by atoms with Crippen LogP contribution in [-0.2, 0) is 0 Å². The first-order valence-corrected chi connectivity index (χ1v) is 8.95. The number of anilines is 1. The lowest BCUT2D eigenvalue weighted by Gasteiger charge is -2.03. The zero-order valence-electron chi connectivity index (χ0n) is 14.4. The fraction of sp³-hybridized carbons (Fsp3) is 0.111. The smallest absolute Gasteiger partial charge is 0.283 e. The summed E-state index contributed by atoms with van der Waals surface area (Å²) in [5.74, 6) is 0.114. The molecule has 0 bridgehead atoms. The summed E-state index contributed by atoms with van der Waals surface area (Å²) in [6.07, 6.45) is 0. The lowest BCUT2D eigenvalue weighted by Crippen LogP contribution is -2.13. The van der Waals surface area contributed by atoms with E-state index in [1.807, 2.05) is 31.2 Å². The molecule has 0 spiro atoms. The minimum Gasteiger partial charge on any atom is -0.497 e. The van der Waals surface area contributed by atoms with Gasteiger partial charge in [0.15, 0.2) is 5.13 Å². The fourth-order valence-corrected chi connectivity index (χ4v) is 3.48. The molecule has 1 heterocycles. The van der Waals surface area contributed by atoms with Crippen molar-refractivity contribution in [3.63, 3.8) is 0 Å². The molecule has 0 unspecified atom stereocenters. The van der Waals surface area contributed by atoms with E-state index in [0.29, 0.717) is 5.13 Å². The monoisotopic (exact) mass is 403 g/mol. The zero-order valence-corrected chi connectivity index (χ0v) is 15.9. The highest BCUT2D eigenvalue weighted by Crippen LogP contribution is 2.32. The Bertz CT molecular complexity index is 1020. The van der Waals surface area contributed by atoms with Crippen LogP contribution >= 0.6 is 22.9 Å². The molecule has 7 nitrogen and oxygen atoms in total. The molecule has 1 aromatic heterocycles. The average Bonchev–Trinajstić information content (AvgIpc) is 3.01. The first kappa shape index (κ1) is 18.8. The van der Waals surface area contributed by atoms with Crippen LogP contribution in [0.15, 0.2) is 42.5 Å². The number of methoxy groups -OCH3 is 1. The van der Waals surface area contributed by atoms with Crippen molar-refractivity contribution in [2.24, 2.45) is 0 Å². The molecule has 0 radical (unpaired) electrons. The Morgan fingerprint density at radius 3 is 2.59 bits per heavy atom. The minimum absolute atomic E-state index is 0.0803. The van der Waals surface area contributed by atoms with Crippen molar-refractivity contribution in [2.45, 2.75) is 6.92 Å². The molecule has 9 heteroatoms. The van der Waals surface area contributed by atoms with Crippen molar-refractivity contribution in [3.8, 4) is 17.0 Å². The number of nitrogens with one attached hydrogen (secondary N) is 1. The molecule has 3 rings (SSSR count). The summed E-state index contributed by atoms with van der Waals surface area (Å²) in [5.41, 5.74) is 1.16. The molecule has 1 N–H and O–H groups in total. The SMILES string of the molecule is COc1ccc(-c2nc(NC(=O)c3ccc(Cl)cc3[N+](=O)[O-])sc2C)cc1. The number of halogens is 1. The number of amides is 1. The maximum Gasteiger partial charge on any atom is 0.283 e. The number of hydrogen-bond acceptors (Lipinski definition) is 6. The average molecular weight is 404 g/mol. The van der Waals surface area contributed by atoms with Crippen LogP contribution in [0.3, 0.4) is 0 Å². The lowest BCUT2D eigenvalue weighted by atomic mass is 10.1. The topological polar surface area (TPSA) is 94.4 Å². The van der Waals surface area contributed by atoms with Crippen LogP contribution in [0.1, 0.15) is 15.2 Å². The molecule has 0 fully saturated rings. The van der Waals surface area contributed by atoms with Crippen LogP contribution in [0.4, 0.5) is 10.8 Å². The Morgan fingerprint density at radius 1 is 1.26 bits per heavy atom. The van der Waals surface area contributed by atoms with Gasteiger partial charge in [-0.2, -0.15) is 0 Å². The molecule has 3 aromatic rings. The summed E-state index contributed by atoms with van der Waals surface area (Å²) in [6, 6.07) is 11.3. The molecule has 138 valence electrons. The summed E-state index contributed by atoms with van der Waals surface area (Å²) >= 11 is 7.07. The molecule has 0 aliphatic heterocycles. The van der Waals surface area contributed by atoms with Crippen LogP contribution in [0, 0.1) is 17.0 Å². The van der Waals surface area contributed by atoms with Crippen LogP contribution in [0.25, 0.3) is 11.3 Å². The summed E-state index contributed by atoms with van der Waals surface area (Å²) in [7, 11) is 1.59. The molecule has 0 atom stereocenters. The molecule has 0 aliphatic rings. The normalized spacial score (nSPS) is 10.5. The molecule has 0 aliphatic carbocycles. The van der Waals surface area contributed by atoms with Crippen molar-refractivity contribution in [1.82, 2.24) is 4.98 Å². The number of nitrogens with zero attached hydrogens (tertiary/aromatic N) is 2. The van der Waals surface area contributed by atoms with Gasteiger partial charge in [-0.3, -0.25) is 20.2 Å². The quantitative estimate of drug-likeness (QED) is 0.481. The van der Waals surface area contributed by atoms with Crippen LogP contribution < -0.4 is 10.1 Å². The van der Waals surface area contributed by atoms with Gasteiger partial charge in [0.05, 0.1) is 17.7 Å². The van der Waals surface area contributed by atoms with Crippen LogP contribution in [-0.4, -0.2) is 22.9 Å². The second-order valence-corrected chi connectivity index (χ2v) is 7.16. The van der Waals surface area contributed by atoms with Crippen molar-refractivity contribution in [3.05, 3.63) is 68.0 Å². The number of ether oxygens (including phenoxy) is 1. The van der Waals surface area contributed by atoms with E-state index >= 15 is 0 Å². The highest BCUT2D eigenvalue weighted by atomic mass is 35.5. The standard InChI is InChI=1S/C18H14ClN3O4S/c1-10-16(11-3-6-13(26-2)7-4-11)20-18(27-10)21-17(23)14-8-5-12(19)9-15(14)22(24)25/h3-9H,1-2H3,(H,20,21,23). The third-order valence-corrected chi connectivity index (χ3v) is 4.90. The molecule has 27 heavy (non-hydrogen) atoms. The Kier molecular flexibility index (Phi) is 5.38. The van der Waals surface area contributed by atoms with Crippen molar-refractivity contribution in [1.29, 1.82) is 0 Å². The third-order valence-electron chi connectivity index (χ3n) is 3.78. The number of nitro groups is 1. The van der Waals surface area contributed by atoms with E-state index in [1.54, 1.807) is 7.11 Å². The number of hydrogen-bond donors (Lipinski definition) is 1. The number of aryl methyl sites for hydroxylation is 1. The van der Waals surface area contributed by atoms with E-state index in [1.165, 1.54) is 23.5 Å². The summed E-state index contributed by atoms with van der Waals surface area (Å²) in [4.78, 5) is 28.4. The van der Waals surface area contributed by atoms with Gasteiger partial charge in [-0.1, -0.05) is 11.6 Å². The fourth-order valence-electron chi connectivity index (χ4n) is 2.48. The number of nitro benzene ring substituents is 1. The van der Waals surface area contributed by atoms with Crippen molar-refractivity contribution >= 4 is 39.7 Å². The number of aromatic nitrogens is 1. The number of carbonyl (C=O) groups excluding carboxylic acids is 1. The van der Waals surface area contributed by atoms with Gasteiger partial charge in [-0.25, -0.2) is 4.98 Å². The van der Waals surface area contributed by atoms with E-state index in [-0.39, 0.29) is 16.3 Å². The van der Waals surface area contributed by atoms with Crippen LogP contribution in [0.5, 0.6) is 5.75 Å². The Morgan fingerprint density at radius 2 is 1.96 bits per heavy atom. The Balaban J connectivity index is 1.87. The summed E-state index contributed by atoms with van der Waals surface area (Å²) < 4.78 is 5.14. The molecule has 2 aromatic carbocycles. The van der Waals surface area contributed by atoms with Gasteiger partial charge in [0.1, 0.15) is 11.3 Å². The van der Waals surface area contributed by atoms with E-state index in [0.717, 1.165) is 28.0 Å². The highest BCUT2D eigenvalue weighted by molar-refractivity contribution is 7.16. The van der Waals surface area contributed by atoms with Gasteiger partial charge < -0.3 is 4.74 Å². The summed E-state index contributed by atoms with van der Waals surface area (Å²) in [5, 5.41) is 14.3. The molecule has 1 amide bonds. The van der Waals surface area contributed by atoms with E-state index in [2.05, 4.69) is 10.3 Å². The van der Waals surface area contributed by atoms with Gasteiger partial charge >= 0.3 is 0 Å². The van der Waals surface area contributed by atoms with Gasteiger partial charge in [-0.15, -0.1) is 11.3 Å². The highest BCUT2D eigenvalue weighted by Gasteiger charge is 2.22. The largest absolute Gasteiger partial charge is 0.497 e. The number of benzene rings is 2. The maximum absolute atomic E-state index is 12.5. The second-order valence-electron chi connectivity index (χ2n) is 5.53. The Hall–Kier alpha value is -2.97. The molecule has 0 saturated carbocycles. The number of rotatable bonds is 5. The molecule has 0 saturated heterocycles. The van der Waals surface area contributed by atoms with Gasteiger partial charge in [-0.05, 0) is 43.3 Å². The minimum atomic E-state index is -0.642. The first-order valence-electron chi connectivity index (χ1n) is 7.76. The lowest BCUT2D eigenvalue weighted by molar-refractivity contribution is -0.385. The Labute approximate surface area is 163 Å². The van der Waals surface area contributed by atoms with E-state index in [4.69, 9.17) is 16.3 Å². The van der Waals surface area contributed by atoms with Gasteiger partial charge in [0.2, 0.25) is 0 Å². The van der Waals surface area contributed by atoms with Crippen molar-refractivity contribution in [2.75, 3.05) is 12.4 Å². The molecular weight excluding hydrogens is 390 g/mol. The predicted molar refractivity (Wildman–Crippen MR) is 105 cm³/mol. The zero-order chi connectivity index (χ0) is 19.6. The third kappa shape index (κ3) is 4.07. The van der Waals surface area contributed by atoms with Gasteiger partial charge in [0.25, 0.3) is 11.6 Å². The van der Waals surface area contributed by atoms with E-state index in [9.17, 15) is 14.9 Å².